The van der Waals surface area contributed by atoms with E-state index in [9.17, 15) is 9.90 Å². The molecular formula is C14H22N2O2. The number of aliphatic hydroxyl groups excluding tert-OH is 1. The highest BCUT2D eigenvalue weighted by Crippen LogP contribution is 2.10. The molecule has 1 atom stereocenters. The minimum atomic E-state index is -0.589. The summed E-state index contributed by atoms with van der Waals surface area (Å²) < 4.78 is 0. The lowest BCUT2D eigenvalue weighted by Gasteiger charge is -2.21. The Labute approximate surface area is 108 Å². The molecule has 3 N–H and O–H groups in total. The molecule has 1 aromatic rings. The number of carbonyl (C=O) groups excluding carboxylic acids is 1. The summed E-state index contributed by atoms with van der Waals surface area (Å²) in [5, 5.41) is 15.7. The quantitative estimate of drug-likeness (QED) is 0.736. The van der Waals surface area contributed by atoms with Crippen molar-refractivity contribution in [2.45, 2.75) is 32.4 Å². The third-order valence-electron chi connectivity index (χ3n) is 2.32. The third kappa shape index (κ3) is 5.80. The van der Waals surface area contributed by atoms with Gasteiger partial charge in [-0.25, -0.2) is 0 Å². The van der Waals surface area contributed by atoms with Crippen molar-refractivity contribution < 1.29 is 9.90 Å². The fraction of sp³-hybridized carbons (Fsp3) is 0.500. The van der Waals surface area contributed by atoms with Crippen LogP contribution in [-0.2, 0) is 4.79 Å². The van der Waals surface area contributed by atoms with Crippen molar-refractivity contribution in [3.8, 4) is 0 Å². The Hall–Kier alpha value is -1.39. The van der Waals surface area contributed by atoms with Crippen LogP contribution in [0.3, 0.4) is 0 Å². The minimum absolute atomic E-state index is 0.0669. The number of nitrogens with one attached hydrogen (secondary N) is 2. The zero-order valence-corrected chi connectivity index (χ0v) is 11.2. The van der Waals surface area contributed by atoms with Gasteiger partial charge in [0.1, 0.15) is 0 Å². The van der Waals surface area contributed by atoms with E-state index in [1.807, 2.05) is 51.1 Å². The molecule has 18 heavy (non-hydrogen) atoms. The molecule has 0 saturated carbocycles. The second-order valence-corrected chi connectivity index (χ2v) is 5.36. The van der Waals surface area contributed by atoms with Crippen LogP contribution in [0.15, 0.2) is 30.3 Å². The largest absolute Gasteiger partial charge is 0.387 e. The van der Waals surface area contributed by atoms with Gasteiger partial charge in [-0.2, -0.15) is 0 Å². The van der Waals surface area contributed by atoms with Gasteiger partial charge in [0.15, 0.2) is 0 Å². The van der Waals surface area contributed by atoms with Gasteiger partial charge in [-0.1, -0.05) is 30.3 Å². The van der Waals surface area contributed by atoms with E-state index in [4.69, 9.17) is 0 Å². The molecule has 0 fully saturated rings. The van der Waals surface area contributed by atoms with Crippen LogP contribution in [0.2, 0.25) is 0 Å². The number of aliphatic hydroxyl groups is 1. The van der Waals surface area contributed by atoms with E-state index in [2.05, 4.69) is 10.6 Å². The maximum Gasteiger partial charge on any atom is 0.234 e. The van der Waals surface area contributed by atoms with Crippen molar-refractivity contribution in [2.24, 2.45) is 0 Å². The fourth-order valence-corrected chi connectivity index (χ4v) is 1.58. The van der Waals surface area contributed by atoms with Crippen LogP contribution in [0.25, 0.3) is 0 Å². The summed E-state index contributed by atoms with van der Waals surface area (Å²) in [6, 6.07) is 9.39. The van der Waals surface area contributed by atoms with Gasteiger partial charge in [-0.15, -0.1) is 0 Å². The average Bonchev–Trinajstić information content (AvgIpc) is 2.27. The van der Waals surface area contributed by atoms with Gasteiger partial charge in [0.2, 0.25) is 5.91 Å². The van der Waals surface area contributed by atoms with Crippen LogP contribution in [0.4, 0.5) is 0 Å². The van der Waals surface area contributed by atoms with Crippen LogP contribution >= 0.6 is 0 Å². The molecule has 100 valence electrons. The molecule has 0 aromatic heterocycles. The van der Waals surface area contributed by atoms with Crippen molar-refractivity contribution in [1.82, 2.24) is 10.6 Å². The smallest absolute Gasteiger partial charge is 0.234 e. The molecule has 1 amide bonds. The van der Waals surface area contributed by atoms with E-state index >= 15 is 0 Å². The molecule has 0 saturated heterocycles. The number of carbonyl (C=O) groups is 1. The summed E-state index contributed by atoms with van der Waals surface area (Å²) >= 11 is 0. The fourth-order valence-electron chi connectivity index (χ4n) is 1.58. The topological polar surface area (TPSA) is 61.4 Å². The van der Waals surface area contributed by atoms with Crippen LogP contribution in [-0.4, -0.2) is 29.6 Å². The maximum atomic E-state index is 11.5. The lowest BCUT2D eigenvalue weighted by atomic mass is 10.1. The highest BCUT2D eigenvalue weighted by Gasteiger charge is 2.13. The lowest BCUT2D eigenvalue weighted by Crippen LogP contribution is -2.45. The minimum Gasteiger partial charge on any atom is -0.387 e. The van der Waals surface area contributed by atoms with Crippen LogP contribution < -0.4 is 10.6 Å². The molecule has 1 rings (SSSR count). The van der Waals surface area contributed by atoms with E-state index in [1.165, 1.54) is 0 Å². The van der Waals surface area contributed by atoms with Gasteiger partial charge in [0, 0.05) is 12.1 Å². The molecule has 0 aliphatic heterocycles. The van der Waals surface area contributed by atoms with Crippen molar-refractivity contribution in [3.05, 3.63) is 35.9 Å². The summed E-state index contributed by atoms with van der Waals surface area (Å²) in [6.07, 6.45) is -0.589. The first kappa shape index (κ1) is 14.7. The predicted octanol–water partition coefficient (Wildman–Crippen LogP) is 1.22. The Morgan fingerprint density at radius 3 is 2.44 bits per heavy atom. The normalized spacial score (nSPS) is 13.1. The molecule has 4 nitrogen and oxygen atoms in total. The zero-order valence-electron chi connectivity index (χ0n) is 11.2. The maximum absolute atomic E-state index is 11.5. The Bertz CT molecular complexity index is 371. The standard InChI is InChI=1S/C14H22N2O2/c1-14(2,3)16-13(18)10-15-9-12(17)11-7-5-4-6-8-11/h4-8,12,15,17H,9-10H2,1-3H3,(H,16,18). The molecule has 0 aliphatic carbocycles. The lowest BCUT2D eigenvalue weighted by molar-refractivity contribution is -0.121. The van der Waals surface area contributed by atoms with Crippen molar-refractivity contribution in [1.29, 1.82) is 0 Å². The number of hydrogen-bond donors (Lipinski definition) is 3. The first-order chi connectivity index (χ1) is 8.38. The molecule has 0 spiro atoms. The number of amides is 1. The Morgan fingerprint density at radius 1 is 1.28 bits per heavy atom. The second-order valence-electron chi connectivity index (χ2n) is 5.36. The summed E-state index contributed by atoms with van der Waals surface area (Å²) in [7, 11) is 0. The van der Waals surface area contributed by atoms with Crippen LogP contribution in [0.5, 0.6) is 0 Å². The molecule has 0 heterocycles. The highest BCUT2D eigenvalue weighted by atomic mass is 16.3. The highest BCUT2D eigenvalue weighted by molar-refractivity contribution is 5.78. The van der Waals surface area contributed by atoms with Crippen molar-refractivity contribution in [3.63, 3.8) is 0 Å². The van der Waals surface area contributed by atoms with Gasteiger partial charge in [-0.3, -0.25) is 4.79 Å². The molecule has 0 bridgehead atoms. The van der Waals surface area contributed by atoms with E-state index < -0.39 is 6.10 Å². The predicted molar refractivity (Wildman–Crippen MR) is 72.2 cm³/mol. The molecule has 4 heteroatoms. The first-order valence-electron chi connectivity index (χ1n) is 6.13. The Morgan fingerprint density at radius 2 is 1.89 bits per heavy atom. The molecular weight excluding hydrogens is 228 g/mol. The van der Waals surface area contributed by atoms with Gasteiger partial charge in [0.25, 0.3) is 0 Å². The molecule has 1 aromatic carbocycles. The van der Waals surface area contributed by atoms with E-state index in [1.54, 1.807) is 0 Å². The molecule has 0 radical (unpaired) electrons. The number of benzene rings is 1. The monoisotopic (exact) mass is 250 g/mol. The van der Waals surface area contributed by atoms with Crippen LogP contribution in [0.1, 0.15) is 32.4 Å². The molecule has 1 unspecified atom stereocenters. The zero-order chi connectivity index (χ0) is 13.6. The average molecular weight is 250 g/mol. The Kier molecular flexibility index (Phi) is 5.31. The van der Waals surface area contributed by atoms with Crippen molar-refractivity contribution in [2.75, 3.05) is 13.1 Å². The first-order valence-corrected chi connectivity index (χ1v) is 6.13. The summed E-state index contributed by atoms with van der Waals surface area (Å²) in [5.41, 5.74) is 0.623. The second kappa shape index (κ2) is 6.52. The van der Waals surface area contributed by atoms with E-state index in [-0.39, 0.29) is 18.0 Å². The summed E-state index contributed by atoms with van der Waals surface area (Å²) in [6.45, 7) is 6.37. The van der Waals surface area contributed by atoms with Gasteiger partial charge < -0.3 is 15.7 Å². The van der Waals surface area contributed by atoms with E-state index in [0.29, 0.717) is 6.54 Å². The van der Waals surface area contributed by atoms with E-state index in [0.717, 1.165) is 5.56 Å². The Balaban J connectivity index is 2.28. The van der Waals surface area contributed by atoms with Gasteiger partial charge in [-0.05, 0) is 26.3 Å². The van der Waals surface area contributed by atoms with Gasteiger partial charge in [0.05, 0.1) is 12.6 Å². The van der Waals surface area contributed by atoms with Crippen molar-refractivity contribution >= 4 is 5.91 Å². The van der Waals surface area contributed by atoms with Gasteiger partial charge >= 0.3 is 0 Å². The summed E-state index contributed by atoms with van der Waals surface area (Å²) in [4.78, 5) is 11.5. The number of rotatable bonds is 5. The van der Waals surface area contributed by atoms with Crippen LogP contribution in [0, 0.1) is 0 Å². The number of hydrogen-bond acceptors (Lipinski definition) is 3. The molecule has 0 aliphatic rings. The SMILES string of the molecule is CC(C)(C)NC(=O)CNCC(O)c1ccccc1. The third-order valence-corrected chi connectivity index (χ3v) is 2.32. The summed E-state index contributed by atoms with van der Waals surface area (Å²) in [5.74, 6) is -0.0669.